The second-order valence-electron chi connectivity index (χ2n) is 7.60. The molecule has 1 saturated carbocycles. The van der Waals surface area contributed by atoms with E-state index in [1.165, 1.54) is 43.2 Å². The van der Waals surface area contributed by atoms with Crippen LogP contribution in [0.4, 0.5) is 10.1 Å². The first-order valence-corrected chi connectivity index (χ1v) is 11.2. The zero-order valence-corrected chi connectivity index (χ0v) is 17.7. The van der Waals surface area contributed by atoms with Crippen molar-refractivity contribution in [2.45, 2.75) is 55.5 Å². The summed E-state index contributed by atoms with van der Waals surface area (Å²) in [7, 11) is 0. The first kappa shape index (κ1) is 20.6. The number of rotatable bonds is 6. The molecule has 1 atom stereocenters. The highest BCUT2D eigenvalue weighted by atomic mass is 32.2. The van der Waals surface area contributed by atoms with Gasteiger partial charge < -0.3 is 9.88 Å². The van der Waals surface area contributed by atoms with Crippen molar-refractivity contribution >= 4 is 23.4 Å². The van der Waals surface area contributed by atoms with E-state index in [0.717, 1.165) is 29.4 Å². The smallest absolute Gasteiger partial charge is 0.242 e. The Morgan fingerprint density at radius 3 is 2.47 bits per heavy atom. The molecule has 1 heterocycles. The second-order valence-corrected chi connectivity index (χ2v) is 8.67. The molecule has 0 aliphatic heterocycles. The molecule has 4 rings (SSSR count). The third kappa shape index (κ3) is 4.73. The Morgan fingerprint density at radius 1 is 1.07 bits per heavy atom. The molecule has 0 spiro atoms. The molecular weight excluding hydrogens is 399 g/mol. The van der Waals surface area contributed by atoms with Crippen LogP contribution in [-0.4, -0.2) is 20.7 Å². The van der Waals surface area contributed by atoms with Crippen LogP contribution in [0.5, 0.6) is 0 Å². The molecule has 1 aliphatic carbocycles. The molecule has 1 aromatic heterocycles. The van der Waals surface area contributed by atoms with Gasteiger partial charge >= 0.3 is 0 Å². The average molecular weight is 425 g/mol. The number of nitrogens with one attached hydrogen (secondary N) is 1. The number of thioether (sulfide) groups is 1. The van der Waals surface area contributed by atoms with Gasteiger partial charge in [-0.1, -0.05) is 61.4 Å². The summed E-state index contributed by atoms with van der Waals surface area (Å²) in [4.78, 5) is 13.2. The van der Waals surface area contributed by atoms with Crippen LogP contribution >= 0.6 is 11.8 Å². The largest absolute Gasteiger partial charge is 0.325 e. The lowest BCUT2D eigenvalue weighted by molar-refractivity contribution is -0.115. The number of hydrogen-bond donors (Lipinski definition) is 1. The normalized spacial score (nSPS) is 15.7. The highest BCUT2D eigenvalue weighted by Gasteiger charge is 2.28. The number of anilines is 1. The molecule has 1 unspecified atom stereocenters. The van der Waals surface area contributed by atoms with Crippen LogP contribution in [-0.2, 0) is 4.79 Å². The molecule has 156 valence electrons. The van der Waals surface area contributed by atoms with Gasteiger partial charge in [-0.2, -0.15) is 0 Å². The minimum atomic E-state index is -0.498. The summed E-state index contributed by atoms with van der Waals surface area (Å²) >= 11 is 1.42. The van der Waals surface area contributed by atoms with Gasteiger partial charge in [0.15, 0.2) is 5.16 Å². The van der Waals surface area contributed by atoms with Crippen LogP contribution in [0.1, 0.15) is 54.8 Å². The number of aryl methyl sites for hydroxylation is 1. The maximum atomic E-state index is 13.2. The van der Waals surface area contributed by atoms with Crippen LogP contribution in [0.25, 0.3) is 0 Å². The van der Waals surface area contributed by atoms with Crippen molar-refractivity contribution in [1.82, 2.24) is 14.8 Å². The van der Waals surface area contributed by atoms with Crippen LogP contribution < -0.4 is 5.32 Å². The Balaban J connectivity index is 1.61. The van der Waals surface area contributed by atoms with Crippen molar-refractivity contribution in [2.75, 3.05) is 5.32 Å². The molecule has 1 amide bonds. The maximum absolute atomic E-state index is 13.2. The van der Waals surface area contributed by atoms with Gasteiger partial charge in [-0.25, -0.2) is 4.39 Å². The van der Waals surface area contributed by atoms with Gasteiger partial charge in [-0.15, -0.1) is 10.2 Å². The third-order valence-electron chi connectivity index (χ3n) is 5.45. The zero-order chi connectivity index (χ0) is 20.9. The van der Waals surface area contributed by atoms with Crippen LogP contribution in [0, 0.1) is 12.7 Å². The molecule has 0 bridgehead atoms. The van der Waals surface area contributed by atoms with E-state index in [4.69, 9.17) is 0 Å². The van der Waals surface area contributed by atoms with Gasteiger partial charge in [-0.3, -0.25) is 4.79 Å². The molecule has 7 heteroatoms. The molecule has 2 aromatic carbocycles. The van der Waals surface area contributed by atoms with Crippen molar-refractivity contribution in [1.29, 1.82) is 0 Å². The number of carbonyl (C=O) groups excluding carboxylic acids is 1. The van der Waals surface area contributed by atoms with Gasteiger partial charge in [-0.05, 0) is 49.6 Å². The lowest BCUT2D eigenvalue weighted by Crippen LogP contribution is -2.20. The van der Waals surface area contributed by atoms with E-state index >= 15 is 0 Å². The van der Waals surface area contributed by atoms with Gasteiger partial charge in [0.05, 0.1) is 0 Å². The Morgan fingerprint density at radius 2 is 1.77 bits per heavy atom. The van der Waals surface area contributed by atoms with Crippen molar-refractivity contribution in [2.24, 2.45) is 0 Å². The molecule has 5 nitrogen and oxygen atoms in total. The van der Waals surface area contributed by atoms with E-state index in [1.54, 1.807) is 12.1 Å². The van der Waals surface area contributed by atoms with E-state index in [0.29, 0.717) is 11.7 Å². The van der Waals surface area contributed by atoms with Crippen molar-refractivity contribution in [3.05, 3.63) is 71.8 Å². The molecule has 3 aromatic rings. The lowest BCUT2D eigenvalue weighted by atomic mass is 9.95. The van der Waals surface area contributed by atoms with Crippen LogP contribution in [0.3, 0.4) is 0 Å². The standard InChI is InChI=1S/C23H25FN4OS/c1-16-26-27-23(28(16)20-10-6-3-7-11-20)30-21(17-8-4-2-5-9-17)22(29)25-19-14-12-18(24)13-15-19/h2,4-5,8-9,12-15,20-21H,3,6-7,10-11H2,1H3,(H,25,29). The predicted octanol–water partition coefficient (Wildman–Crippen LogP) is 5.70. The third-order valence-corrected chi connectivity index (χ3v) is 6.66. The fourth-order valence-corrected chi connectivity index (χ4v) is 5.09. The minimum Gasteiger partial charge on any atom is -0.325 e. The summed E-state index contributed by atoms with van der Waals surface area (Å²) in [6.07, 6.45) is 5.92. The quantitative estimate of drug-likeness (QED) is 0.516. The lowest BCUT2D eigenvalue weighted by Gasteiger charge is -2.26. The minimum absolute atomic E-state index is 0.173. The van der Waals surface area contributed by atoms with Crippen molar-refractivity contribution in [3.63, 3.8) is 0 Å². The summed E-state index contributed by atoms with van der Waals surface area (Å²) in [6, 6.07) is 15.8. The van der Waals surface area contributed by atoms with Gasteiger partial charge in [0.1, 0.15) is 16.9 Å². The number of hydrogen-bond acceptors (Lipinski definition) is 4. The fraction of sp³-hybridized carbons (Fsp3) is 0.348. The second kappa shape index (κ2) is 9.43. The summed E-state index contributed by atoms with van der Waals surface area (Å²) < 4.78 is 15.4. The number of amides is 1. The van der Waals surface area contributed by atoms with Crippen molar-refractivity contribution in [3.8, 4) is 0 Å². The number of benzene rings is 2. The summed E-state index contributed by atoms with van der Waals surface area (Å²) in [6.45, 7) is 1.97. The van der Waals surface area contributed by atoms with E-state index < -0.39 is 5.25 Å². The molecule has 1 fully saturated rings. The summed E-state index contributed by atoms with van der Waals surface area (Å²) in [5, 5.41) is 11.9. The Bertz CT molecular complexity index is 984. The highest BCUT2D eigenvalue weighted by molar-refractivity contribution is 8.00. The number of nitrogens with zero attached hydrogens (tertiary/aromatic N) is 3. The molecule has 0 radical (unpaired) electrons. The van der Waals surface area contributed by atoms with Crippen LogP contribution in [0.2, 0.25) is 0 Å². The summed E-state index contributed by atoms with van der Waals surface area (Å²) in [5.74, 6) is 0.377. The molecular formula is C23H25FN4OS. The molecule has 1 aliphatic rings. The Hall–Kier alpha value is -2.67. The number of halogens is 1. The number of carbonyl (C=O) groups is 1. The Labute approximate surface area is 180 Å². The molecule has 30 heavy (non-hydrogen) atoms. The van der Waals surface area contributed by atoms with E-state index in [9.17, 15) is 9.18 Å². The number of aromatic nitrogens is 3. The monoisotopic (exact) mass is 424 g/mol. The Kier molecular flexibility index (Phi) is 6.47. The average Bonchev–Trinajstić information content (AvgIpc) is 3.15. The topological polar surface area (TPSA) is 59.8 Å². The van der Waals surface area contributed by atoms with Crippen LogP contribution in [0.15, 0.2) is 59.8 Å². The van der Waals surface area contributed by atoms with Crippen molar-refractivity contribution < 1.29 is 9.18 Å². The highest BCUT2D eigenvalue weighted by Crippen LogP contribution is 2.39. The van der Waals surface area contributed by atoms with Gasteiger partial charge in [0, 0.05) is 11.7 Å². The summed E-state index contributed by atoms with van der Waals surface area (Å²) in [5.41, 5.74) is 1.45. The van der Waals surface area contributed by atoms with E-state index in [-0.39, 0.29) is 11.7 Å². The van der Waals surface area contributed by atoms with E-state index in [2.05, 4.69) is 20.1 Å². The van der Waals surface area contributed by atoms with Gasteiger partial charge in [0.2, 0.25) is 5.91 Å². The first-order chi connectivity index (χ1) is 14.6. The molecule has 0 saturated heterocycles. The zero-order valence-electron chi connectivity index (χ0n) is 16.9. The van der Waals surface area contributed by atoms with Gasteiger partial charge in [0.25, 0.3) is 0 Å². The molecule has 1 N–H and O–H groups in total. The maximum Gasteiger partial charge on any atom is 0.242 e. The predicted molar refractivity (Wildman–Crippen MR) is 117 cm³/mol. The SMILES string of the molecule is Cc1nnc(SC(C(=O)Nc2ccc(F)cc2)c2ccccc2)n1C1CCCCC1. The first-order valence-electron chi connectivity index (χ1n) is 10.3. The van der Waals surface area contributed by atoms with E-state index in [1.807, 2.05) is 37.3 Å². The fourth-order valence-electron chi connectivity index (χ4n) is 3.94.